The molecule has 0 radical (unpaired) electrons. The lowest BCUT2D eigenvalue weighted by atomic mass is 10.1. The van der Waals surface area contributed by atoms with Gasteiger partial charge >= 0.3 is 5.97 Å². The molecule has 3 aromatic rings. The van der Waals surface area contributed by atoms with Crippen LogP contribution in [0.1, 0.15) is 38.3 Å². The Kier molecular flexibility index (Phi) is 4.70. The number of benzene rings is 2. The predicted molar refractivity (Wildman–Crippen MR) is 97.1 cm³/mol. The highest BCUT2D eigenvalue weighted by Crippen LogP contribution is 2.37. The molecule has 0 aliphatic carbocycles. The summed E-state index contributed by atoms with van der Waals surface area (Å²) in [6, 6.07) is 16.7. The first-order chi connectivity index (χ1) is 12.3. The Morgan fingerprint density at radius 3 is 2.19 bits per heavy atom. The van der Waals surface area contributed by atoms with Crippen LogP contribution in [0.15, 0.2) is 70.0 Å². The lowest BCUT2D eigenvalue weighted by molar-refractivity contribution is 0.0695. The van der Waals surface area contributed by atoms with Crippen LogP contribution in [0.5, 0.6) is 0 Å². The van der Waals surface area contributed by atoms with Crippen LogP contribution in [0, 0.1) is 13.8 Å². The van der Waals surface area contributed by atoms with Gasteiger partial charge in [-0.05, 0) is 37.1 Å². The first kappa shape index (κ1) is 17.9. The van der Waals surface area contributed by atoms with Gasteiger partial charge in [-0.3, -0.25) is 0 Å². The number of carboxylic acids is 1. The number of carbonyl (C=O) groups is 1. The maximum Gasteiger partial charge on any atom is 0.339 e. The zero-order valence-electron chi connectivity index (χ0n) is 14.3. The molecule has 134 valence electrons. The number of hydrogen-bond acceptors (Lipinski definition) is 4. The summed E-state index contributed by atoms with van der Waals surface area (Å²) < 4.78 is 32.5. The largest absolute Gasteiger partial charge is 0.478 e. The summed E-state index contributed by atoms with van der Waals surface area (Å²) in [6.07, 6.45) is 0. The zero-order valence-corrected chi connectivity index (χ0v) is 15.2. The lowest BCUT2D eigenvalue weighted by Gasteiger charge is -2.17. The molecule has 0 saturated carbocycles. The Labute approximate surface area is 151 Å². The predicted octanol–water partition coefficient (Wildman–Crippen LogP) is 4.16. The molecule has 3 rings (SSSR count). The van der Waals surface area contributed by atoms with Crippen LogP contribution in [0.4, 0.5) is 0 Å². The van der Waals surface area contributed by atoms with Crippen LogP contribution < -0.4 is 0 Å². The van der Waals surface area contributed by atoms with E-state index in [2.05, 4.69) is 0 Å². The van der Waals surface area contributed by atoms with Crippen LogP contribution in [0.2, 0.25) is 0 Å². The van der Waals surface area contributed by atoms with Crippen LogP contribution >= 0.6 is 0 Å². The number of carboxylic acid groups (broad SMARTS) is 1. The van der Waals surface area contributed by atoms with Crippen molar-refractivity contribution in [3.63, 3.8) is 0 Å². The molecule has 0 spiro atoms. The van der Waals surface area contributed by atoms with Gasteiger partial charge in [0.25, 0.3) is 0 Å². The summed E-state index contributed by atoms with van der Waals surface area (Å²) >= 11 is 0. The van der Waals surface area contributed by atoms with Gasteiger partial charge in [-0.15, -0.1) is 0 Å². The topological polar surface area (TPSA) is 84.6 Å². The second-order valence-electron chi connectivity index (χ2n) is 6.03. The van der Waals surface area contributed by atoms with Crippen molar-refractivity contribution in [3.05, 3.63) is 88.9 Å². The summed E-state index contributed by atoms with van der Waals surface area (Å²) in [4.78, 5) is 11.6. The monoisotopic (exact) mass is 370 g/mol. The van der Waals surface area contributed by atoms with Crippen LogP contribution in [-0.2, 0) is 9.84 Å². The molecular weight excluding hydrogens is 352 g/mol. The molecular formula is C20H18O5S. The van der Waals surface area contributed by atoms with Gasteiger partial charge in [0.2, 0.25) is 0 Å². The van der Waals surface area contributed by atoms with E-state index in [1.54, 1.807) is 61.5 Å². The quantitative estimate of drug-likeness (QED) is 0.729. The fourth-order valence-corrected chi connectivity index (χ4v) is 4.95. The molecule has 0 aliphatic heterocycles. The van der Waals surface area contributed by atoms with Crippen molar-refractivity contribution in [1.29, 1.82) is 0 Å². The highest BCUT2D eigenvalue weighted by Gasteiger charge is 2.35. The highest BCUT2D eigenvalue weighted by atomic mass is 32.2. The fourth-order valence-electron chi connectivity index (χ4n) is 2.97. The number of rotatable bonds is 5. The van der Waals surface area contributed by atoms with Gasteiger partial charge < -0.3 is 9.52 Å². The first-order valence-corrected chi connectivity index (χ1v) is 9.55. The van der Waals surface area contributed by atoms with Gasteiger partial charge in [0.15, 0.2) is 9.84 Å². The number of hydrogen-bond donors (Lipinski definition) is 1. The standard InChI is InChI=1S/C20H18O5S/c1-13-8-6-7-11-18(13)26(23,24)19(15-9-4-3-5-10-15)17-12-16(20(21)22)14(2)25-17/h3-12,19H,1-2H3,(H,21,22). The molecule has 0 amide bonds. The van der Waals surface area contributed by atoms with Crippen molar-refractivity contribution in [2.24, 2.45) is 0 Å². The molecule has 26 heavy (non-hydrogen) atoms. The van der Waals surface area contributed by atoms with Crippen LogP contribution in [-0.4, -0.2) is 19.5 Å². The van der Waals surface area contributed by atoms with Gasteiger partial charge in [0, 0.05) is 0 Å². The first-order valence-electron chi connectivity index (χ1n) is 8.00. The van der Waals surface area contributed by atoms with Crippen molar-refractivity contribution in [3.8, 4) is 0 Å². The van der Waals surface area contributed by atoms with Crippen molar-refractivity contribution in [2.75, 3.05) is 0 Å². The van der Waals surface area contributed by atoms with Crippen molar-refractivity contribution in [1.82, 2.24) is 0 Å². The molecule has 5 nitrogen and oxygen atoms in total. The van der Waals surface area contributed by atoms with Gasteiger partial charge in [0.1, 0.15) is 22.3 Å². The molecule has 0 aliphatic rings. The van der Waals surface area contributed by atoms with Crippen molar-refractivity contribution < 1.29 is 22.7 Å². The number of aromatic carboxylic acids is 1. The number of aryl methyl sites for hydroxylation is 2. The van der Waals surface area contributed by atoms with Gasteiger partial charge in [-0.25, -0.2) is 13.2 Å². The van der Waals surface area contributed by atoms with Gasteiger partial charge in [-0.2, -0.15) is 0 Å². The zero-order chi connectivity index (χ0) is 18.9. The van der Waals surface area contributed by atoms with Gasteiger partial charge in [-0.1, -0.05) is 48.5 Å². The maximum atomic E-state index is 13.4. The van der Waals surface area contributed by atoms with E-state index in [-0.39, 0.29) is 22.0 Å². The second-order valence-corrected chi connectivity index (χ2v) is 8.03. The Morgan fingerprint density at radius 1 is 1.00 bits per heavy atom. The minimum atomic E-state index is -3.85. The maximum absolute atomic E-state index is 13.4. The summed E-state index contributed by atoms with van der Waals surface area (Å²) in [6.45, 7) is 3.24. The van der Waals surface area contributed by atoms with Crippen LogP contribution in [0.3, 0.4) is 0 Å². The smallest absolute Gasteiger partial charge is 0.339 e. The van der Waals surface area contributed by atoms with Crippen LogP contribution in [0.25, 0.3) is 0 Å². The normalized spacial score (nSPS) is 12.7. The molecule has 2 aromatic carbocycles. The highest BCUT2D eigenvalue weighted by molar-refractivity contribution is 7.92. The molecule has 1 N–H and O–H groups in total. The van der Waals surface area contributed by atoms with Crippen molar-refractivity contribution in [2.45, 2.75) is 24.0 Å². The molecule has 6 heteroatoms. The molecule has 1 heterocycles. The van der Waals surface area contributed by atoms with E-state index in [0.29, 0.717) is 11.1 Å². The van der Waals surface area contributed by atoms with E-state index in [0.717, 1.165) is 0 Å². The third-order valence-corrected chi connectivity index (χ3v) is 6.43. The fraction of sp³-hybridized carbons (Fsp3) is 0.150. The van der Waals surface area contributed by atoms with Gasteiger partial charge in [0.05, 0.1) is 4.90 Å². The average molecular weight is 370 g/mol. The third-order valence-electron chi connectivity index (χ3n) is 4.24. The average Bonchev–Trinajstić information content (AvgIpc) is 2.97. The molecule has 1 unspecified atom stereocenters. The van der Waals surface area contributed by atoms with E-state index in [4.69, 9.17) is 4.42 Å². The Bertz CT molecular complexity index is 1050. The second kappa shape index (κ2) is 6.80. The summed E-state index contributed by atoms with van der Waals surface area (Å²) in [7, 11) is -3.85. The number of furan rings is 1. The van der Waals surface area contributed by atoms with E-state index >= 15 is 0 Å². The minimum absolute atomic E-state index is 0.0408. The van der Waals surface area contributed by atoms with E-state index in [1.807, 2.05) is 0 Å². The van der Waals surface area contributed by atoms with E-state index in [1.165, 1.54) is 13.0 Å². The minimum Gasteiger partial charge on any atom is -0.478 e. The van der Waals surface area contributed by atoms with E-state index in [9.17, 15) is 18.3 Å². The third kappa shape index (κ3) is 3.15. The lowest BCUT2D eigenvalue weighted by Crippen LogP contribution is -2.16. The summed E-state index contributed by atoms with van der Waals surface area (Å²) in [5, 5.41) is 8.16. The SMILES string of the molecule is Cc1ccccc1S(=O)(=O)C(c1ccccc1)c1cc(C(=O)O)c(C)o1. The molecule has 0 saturated heterocycles. The Balaban J connectivity index is 2.25. The summed E-state index contributed by atoms with van der Waals surface area (Å²) in [5.41, 5.74) is 1.09. The molecule has 0 bridgehead atoms. The van der Waals surface area contributed by atoms with Crippen molar-refractivity contribution >= 4 is 15.8 Å². The molecule has 0 fully saturated rings. The summed E-state index contributed by atoms with van der Waals surface area (Å²) in [5.74, 6) is -0.889. The Morgan fingerprint density at radius 2 is 1.62 bits per heavy atom. The Hall–Kier alpha value is -2.86. The molecule has 1 aromatic heterocycles. The molecule has 1 atom stereocenters. The number of sulfone groups is 1. The van der Waals surface area contributed by atoms with E-state index < -0.39 is 21.1 Å².